The molecule has 3 aromatic rings. The summed E-state index contributed by atoms with van der Waals surface area (Å²) in [5, 5.41) is 6.74. The molecule has 1 atom stereocenters. The SMILES string of the molecule is CCC(=O)N[C@@H](Cc1cccc(C)c1)C(=O)NCc1cnc2[nH]ccc2c1. The number of benzene rings is 1. The Morgan fingerprint density at radius 2 is 2.04 bits per heavy atom. The van der Waals surface area contributed by atoms with E-state index in [1.165, 1.54) is 0 Å². The highest BCUT2D eigenvalue weighted by atomic mass is 16.2. The molecule has 140 valence electrons. The zero-order chi connectivity index (χ0) is 19.2. The smallest absolute Gasteiger partial charge is 0.243 e. The Morgan fingerprint density at radius 3 is 2.81 bits per heavy atom. The number of nitrogens with zero attached hydrogens (tertiary/aromatic N) is 1. The summed E-state index contributed by atoms with van der Waals surface area (Å²) in [5.74, 6) is -0.342. The summed E-state index contributed by atoms with van der Waals surface area (Å²) in [6.45, 7) is 4.14. The summed E-state index contributed by atoms with van der Waals surface area (Å²) in [6.07, 6.45) is 4.36. The average Bonchev–Trinajstić information content (AvgIpc) is 3.13. The van der Waals surface area contributed by atoms with E-state index in [0.717, 1.165) is 27.7 Å². The summed E-state index contributed by atoms with van der Waals surface area (Å²) in [7, 11) is 0. The molecule has 27 heavy (non-hydrogen) atoms. The van der Waals surface area contributed by atoms with Crippen molar-refractivity contribution >= 4 is 22.8 Å². The van der Waals surface area contributed by atoms with Crippen molar-refractivity contribution in [1.29, 1.82) is 0 Å². The molecule has 1 aromatic carbocycles. The van der Waals surface area contributed by atoms with Gasteiger partial charge in [0.05, 0.1) is 0 Å². The van der Waals surface area contributed by atoms with Crippen LogP contribution in [0.2, 0.25) is 0 Å². The van der Waals surface area contributed by atoms with E-state index in [1.807, 2.05) is 49.5 Å². The van der Waals surface area contributed by atoms with Crippen LogP contribution in [0.4, 0.5) is 0 Å². The van der Waals surface area contributed by atoms with Crippen molar-refractivity contribution in [3.05, 3.63) is 65.5 Å². The van der Waals surface area contributed by atoms with Crippen molar-refractivity contribution < 1.29 is 9.59 Å². The van der Waals surface area contributed by atoms with Crippen LogP contribution in [-0.4, -0.2) is 27.8 Å². The van der Waals surface area contributed by atoms with Crippen LogP contribution in [0.15, 0.2) is 48.8 Å². The lowest BCUT2D eigenvalue weighted by molar-refractivity contribution is -0.128. The first kappa shape index (κ1) is 18.6. The third kappa shape index (κ3) is 4.94. The molecule has 0 bridgehead atoms. The van der Waals surface area contributed by atoms with E-state index in [2.05, 4.69) is 20.6 Å². The van der Waals surface area contributed by atoms with Gasteiger partial charge in [0.1, 0.15) is 11.7 Å². The highest BCUT2D eigenvalue weighted by molar-refractivity contribution is 5.87. The number of fused-ring (bicyclic) bond motifs is 1. The van der Waals surface area contributed by atoms with Crippen LogP contribution in [-0.2, 0) is 22.6 Å². The van der Waals surface area contributed by atoms with Crippen LogP contribution in [0.3, 0.4) is 0 Å². The van der Waals surface area contributed by atoms with Crippen molar-refractivity contribution in [3.8, 4) is 0 Å². The number of aryl methyl sites for hydroxylation is 1. The fourth-order valence-electron chi connectivity index (χ4n) is 2.97. The maximum Gasteiger partial charge on any atom is 0.243 e. The summed E-state index contributed by atoms with van der Waals surface area (Å²) >= 11 is 0. The number of hydrogen-bond donors (Lipinski definition) is 3. The van der Waals surface area contributed by atoms with Gasteiger partial charge < -0.3 is 15.6 Å². The van der Waals surface area contributed by atoms with E-state index in [0.29, 0.717) is 19.4 Å². The van der Waals surface area contributed by atoms with E-state index in [9.17, 15) is 9.59 Å². The minimum Gasteiger partial charge on any atom is -0.350 e. The van der Waals surface area contributed by atoms with Crippen molar-refractivity contribution in [2.45, 2.75) is 39.3 Å². The lowest BCUT2D eigenvalue weighted by Gasteiger charge is -2.18. The first-order valence-electron chi connectivity index (χ1n) is 9.10. The van der Waals surface area contributed by atoms with Gasteiger partial charge in [0.25, 0.3) is 0 Å². The Hall–Kier alpha value is -3.15. The molecular formula is C21H24N4O2. The Labute approximate surface area is 158 Å². The van der Waals surface area contributed by atoms with Gasteiger partial charge in [0.15, 0.2) is 0 Å². The largest absolute Gasteiger partial charge is 0.350 e. The predicted molar refractivity (Wildman–Crippen MR) is 105 cm³/mol. The number of H-pyrrole nitrogens is 1. The van der Waals surface area contributed by atoms with Crippen LogP contribution in [0.25, 0.3) is 11.0 Å². The van der Waals surface area contributed by atoms with E-state index < -0.39 is 6.04 Å². The Balaban J connectivity index is 1.68. The molecule has 2 heterocycles. The Bertz CT molecular complexity index is 948. The molecule has 2 amide bonds. The molecule has 0 saturated heterocycles. The minimum absolute atomic E-state index is 0.141. The molecule has 3 N–H and O–H groups in total. The second-order valence-electron chi connectivity index (χ2n) is 6.64. The highest BCUT2D eigenvalue weighted by Gasteiger charge is 2.20. The number of aromatic nitrogens is 2. The highest BCUT2D eigenvalue weighted by Crippen LogP contribution is 2.12. The topological polar surface area (TPSA) is 86.9 Å². The normalized spacial score (nSPS) is 11.9. The van der Waals surface area contributed by atoms with Gasteiger partial charge in [-0.15, -0.1) is 0 Å². The Kier molecular flexibility index (Phi) is 5.86. The molecule has 6 nitrogen and oxygen atoms in total. The third-order valence-corrected chi connectivity index (χ3v) is 4.42. The lowest BCUT2D eigenvalue weighted by Crippen LogP contribution is -2.47. The first-order valence-corrected chi connectivity index (χ1v) is 9.10. The van der Waals surface area contributed by atoms with E-state index in [1.54, 1.807) is 13.1 Å². The minimum atomic E-state index is -0.608. The fraction of sp³-hybridized carbons (Fsp3) is 0.286. The van der Waals surface area contributed by atoms with E-state index in [-0.39, 0.29) is 11.8 Å². The molecule has 0 aliphatic heterocycles. The molecular weight excluding hydrogens is 340 g/mol. The molecule has 0 unspecified atom stereocenters. The van der Waals surface area contributed by atoms with Crippen molar-refractivity contribution in [2.75, 3.05) is 0 Å². The second-order valence-corrected chi connectivity index (χ2v) is 6.64. The zero-order valence-corrected chi connectivity index (χ0v) is 15.6. The van der Waals surface area contributed by atoms with Gasteiger partial charge in [0, 0.05) is 37.2 Å². The summed E-state index contributed by atoms with van der Waals surface area (Å²) in [4.78, 5) is 32.0. The molecule has 2 aromatic heterocycles. The number of hydrogen-bond acceptors (Lipinski definition) is 3. The van der Waals surface area contributed by atoms with Crippen LogP contribution in [0, 0.1) is 6.92 Å². The van der Waals surface area contributed by atoms with Crippen LogP contribution < -0.4 is 10.6 Å². The number of amides is 2. The van der Waals surface area contributed by atoms with Crippen molar-refractivity contribution in [1.82, 2.24) is 20.6 Å². The Morgan fingerprint density at radius 1 is 1.19 bits per heavy atom. The number of nitrogens with one attached hydrogen (secondary N) is 3. The summed E-state index contributed by atoms with van der Waals surface area (Å²) in [6, 6.07) is 11.3. The summed E-state index contributed by atoms with van der Waals surface area (Å²) in [5.41, 5.74) is 3.87. The third-order valence-electron chi connectivity index (χ3n) is 4.42. The van der Waals surface area contributed by atoms with Gasteiger partial charge in [-0.05, 0) is 30.2 Å². The second kappa shape index (κ2) is 8.49. The van der Waals surface area contributed by atoms with Crippen LogP contribution in [0.1, 0.15) is 30.0 Å². The number of rotatable bonds is 7. The number of pyridine rings is 1. The molecule has 0 radical (unpaired) electrons. The number of carbonyl (C=O) groups excluding carboxylic acids is 2. The van der Waals surface area contributed by atoms with Gasteiger partial charge in [-0.1, -0.05) is 36.8 Å². The van der Waals surface area contributed by atoms with Crippen molar-refractivity contribution in [2.24, 2.45) is 0 Å². The lowest BCUT2D eigenvalue weighted by atomic mass is 10.0. The average molecular weight is 364 g/mol. The fourth-order valence-corrected chi connectivity index (χ4v) is 2.97. The molecule has 0 aliphatic carbocycles. The predicted octanol–water partition coefficient (Wildman–Crippen LogP) is 2.63. The maximum atomic E-state index is 12.7. The monoisotopic (exact) mass is 364 g/mol. The molecule has 3 rings (SSSR count). The number of carbonyl (C=O) groups is 2. The first-order chi connectivity index (χ1) is 13.0. The standard InChI is InChI=1S/C21H24N4O2/c1-3-19(26)25-18(11-15-6-4-5-14(2)9-15)21(27)24-13-16-10-17-7-8-22-20(17)23-12-16/h4-10,12,18H,3,11,13H2,1-2H3,(H,22,23)(H,24,27)(H,25,26)/t18-/m0/s1. The van der Waals surface area contributed by atoms with Gasteiger partial charge in [-0.3, -0.25) is 9.59 Å². The zero-order valence-electron chi connectivity index (χ0n) is 15.6. The molecule has 0 saturated carbocycles. The van der Waals surface area contributed by atoms with Gasteiger partial charge in [0.2, 0.25) is 11.8 Å². The molecule has 0 aliphatic rings. The van der Waals surface area contributed by atoms with Gasteiger partial charge in [-0.25, -0.2) is 4.98 Å². The van der Waals surface area contributed by atoms with E-state index in [4.69, 9.17) is 0 Å². The molecule has 0 spiro atoms. The van der Waals surface area contributed by atoms with Crippen LogP contribution >= 0.6 is 0 Å². The number of aromatic amines is 1. The van der Waals surface area contributed by atoms with Gasteiger partial charge >= 0.3 is 0 Å². The maximum absolute atomic E-state index is 12.7. The molecule has 6 heteroatoms. The van der Waals surface area contributed by atoms with Crippen LogP contribution in [0.5, 0.6) is 0 Å². The van der Waals surface area contributed by atoms with Gasteiger partial charge in [-0.2, -0.15) is 0 Å². The quantitative estimate of drug-likeness (QED) is 0.602. The summed E-state index contributed by atoms with van der Waals surface area (Å²) < 4.78 is 0. The van der Waals surface area contributed by atoms with E-state index >= 15 is 0 Å². The van der Waals surface area contributed by atoms with Crippen molar-refractivity contribution in [3.63, 3.8) is 0 Å². The molecule has 0 fully saturated rings.